The average Bonchev–Trinajstić information content (AvgIpc) is 2.83. The fraction of sp³-hybridized carbons (Fsp3) is 0.320. The van der Waals surface area contributed by atoms with Crippen LogP contribution in [0.2, 0.25) is 10.0 Å². The van der Waals surface area contributed by atoms with Crippen LogP contribution in [-0.4, -0.2) is 55.4 Å². The molecule has 1 fully saturated rings. The van der Waals surface area contributed by atoms with Gasteiger partial charge in [0, 0.05) is 43.5 Å². The third kappa shape index (κ3) is 6.39. The van der Waals surface area contributed by atoms with Crippen LogP contribution in [0, 0.1) is 0 Å². The predicted octanol–water partition coefficient (Wildman–Crippen LogP) is 5.96. The molecule has 0 radical (unpaired) electrons. The fourth-order valence-corrected chi connectivity index (χ4v) is 4.50. The van der Waals surface area contributed by atoms with Gasteiger partial charge in [-0.1, -0.05) is 53.5 Å². The minimum absolute atomic E-state index is 0. The number of carbonyl (C=O) groups excluding carboxylic acids is 1. The third-order valence-corrected chi connectivity index (χ3v) is 6.69. The van der Waals surface area contributed by atoms with Gasteiger partial charge >= 0.3 is 6.09 Å². The molecule has 4 rings (SSSR count). The van der Waals surface area contributed by atoms with E-state index in [9.17, 15) is 9.90 Å². The van der Waals surface area contributed by atoms with Crippen LogP contribution in [0.3, 0.4) is 0 Å². The number of fused-ring (bicyclic) bond motifs is 1. The monoisotopic (exact) mass is 523 g/mol. The number of nitrogens with zero attached hydrogens (tertiary/aromatic N) is 2. The number of phenols is 1. The van der Waals surface area contributed by atoms with Crippen LogP contribution in [0.5, 0.6) is 11.5 Å². The number of amides is 1. The summed E-state index contributed by atoms with van der Waals surface area (Å²) in [6.45, 7) is 5.28. The van der Waals surface area contributed by atoms with Crippen molar-refractivity contribution in [1.82, 2.24) is 10.2 Å². The van der Waals surface area contributed by atoms with Crippen LogP contribution >= 0.6 is 35.6 Å². The molecule has 0 saturated carbocycles. The molecule has 1 aliphatic rings. The van der Waals surface area contributed by atoms with E-state index in [2.05, 4.69) is 15.1 Å². The molecular formula is C25H28Cl3N3O3. The van der Waals surface area contributed by atoms with E-state index in [1.54, 1.807) is 18.2 Å². The lowest BCUT2D eigenvalue weighted by Crippen LogP contribution is -2.46. The molecule has 0 aromatic heterocycles. The minimum atomic E-state index is -0.488. The smallest absolute Gasteiger partial charge is 0.412 e. The lowest BCUT2D eigenvalue weighted by Gasteiger charge is -2.36. The van der Waals surface area contributed by atoms with E-state index in [0.29, 0.717) is 33.1 Å². The van der Waals surface area contributed by atoms with Crippen LogP contribution in [0.15, 0.2) is 54.6 Å². The van der Waals surface area contributed by atoms with Crippen molar-refractivity contribution >= 4 is 58.2 Å². The SMILES string of the molecule is Cl.O=C(NCCCCN1CCN(c2cccc(Cl)c2Cl)CC1)Oc1ccc(O)c2ccccc12. The number of anilines is 1. The van der Waals surface area contributed by atoms with Crippen molar-refractivity contribution < 1.29 is 14.6 Å². The summed E-state index contributed by atoms with van der Waals surface area (Å²) < 4.78 is 5.45. The molecule has 0 bridgehead atoms. The molecule has 3 aromatic rings. The summed E-state index contributed by atoms with van der Waals surface area (Å²) in [4.78, 5) is 16.9. The highest BCUT2D eigenvalue weighted by Crippen LogP contribution is 2.33. The van der Waals surface area contributed by atoms with Crippen molar-refractivity contribution in [2.45, 2.75) is 12.8 Å². The highest BCUT2D eigenvalue weighted by Gasteiger charge is 2.19. The predicted molar refractivity (Wildman–Crippen MR) is 141 cm³/mol. The van der Waals surface area contributed by atoms with Crippen LogP contribution in [-0.2, 0) is 0 Å². The number of phenolic OH excluding ortho intramolecular Hbond substituents is 1. The van der Waals surface area contributed by atoms with E-state index in [4.69, 9.17) is 27.9 Å². The van der Waals surface area contributed by atoms with E-state index in [0.717, 1.165) is 51.3 Å². The number of unbranched alkanes of at least 4 members (excludes halogenated alkanes) is 1. The molecule has 1 heterocycles. The van der Waals surface area contributed by atoms with Gasteiger partial charge in [-0.3, -0.25) is 4.90 Å². The summed E-state index contributed by atoms with van der Waals surface area (Å²) >= 11 is 12.5. The molecule has 9 heteroatoms. The first-order valence-electron chi connectivity index (χ1n) is 11.1. The first-order valence-corrected chi connectivity index (χ1v) is 11.9. The Morgan fingerprint density at radius 3 is 2.44 bits per heavy atom. The highest BCUT2D eigenvalue weighted by atomic mass is 35.5. The summed E-state index contributed by atoms with van der Waals surface area (Å²) in [7, 11) is 0. The van der Waals surface area contributed by atoms with E-state index >= 15 is 0 Å². The molecule has 1 amide bonds. The van der Waals surface area contributed by atoms with Gasteiger partial charge in [-0.15, -0.1) is 12.4 Å². The van der Waals surface area contributed by atoms with Gasteiger partial charge in [0.05, 0.1) is 15.7 Å². The molecule has 0 spiro atoms. The number of halogens is 3. The number of hydrogen-bond donors (Lipinski definition) is 2. The second kappa shape index (κ2) is 12.4. The standard InChI is InChI=1S/C25H27Cl2N3O3.ClH/c26-20-8-5-9-21(24(20)27)30-16-14-29(15-17-30)13-4-3-12-28-25(32)33-23-11-10-22(31)18-6-1-2-7-19(18)23;/h1-2,5-11,31H,3-4,12-17H2,(H,28,32);1H. The van der Waals surface area contributed by atoms with E-state index < -0.39 is 6.09 Å². The Balaban J connectivity index is 0.00000324. The number of nitrogens with one attached hydrogen (secondary N) is 1. The number of piperazine rings is 1. The summed E-state index contributed by atoms with van der Waals surface area (Å²) in [5.74, 6) is 0.591. The van der Waals surface area contributed by atoms with Crippen molar-refractivity contribution in [1.29, 1.82) is 0 Å². The van der Waals surface area contributed by atoms with Gasteiger partial charge in [-0.2, -0.15) is 0 Å². The Labute approximate surface area is 215 Å². The zero-order chi connectivity index (χ0) is 23.2. The van der Waals surface area contributed by atoms with Gasteiger partial charge in [0.15, 0.2) is 0 Å². The normalized spacial score (nSPS) is 14.0. The number of ether oxygens (including phenoxy) is 1. The summed E-state index contributed by atoms with van der Waals surface area (Å²) in [6, 6.07) is 16.2. The lowest BCUT2D eigenvalue weighted by atomic mass is 10.1. The largest absolute Gasteiger partial charge is 0.507 e. The molecule has 6 nitrogen and oxygen atoms in total. The molecule has 34 heavy (non-hydrogen) atoms. The van der Waals surface area contributed by atoms with Crippen LogP contribution in [0.4, 0.5) is 10.5 Å². The number of rotatable bonds is 7. The Hall–Kier alpha value is -2.38. The molecule has 182 valence electrons. The fourth-order valence-electron chi connectivity index (χ4n) is 4.08. The molecule has 0 unspecified atom stereocenters. The van der Waals surface area contributed by atoms with Gasteiger partial charge < -0.3 is 20.1 Å². The number of carbonyl (C=O) groups is 1. The molecule has 0 atom stereocenters. The Morgan fingerprint density at radius 2 is 1.68 bits per heavy atom. The van der Waals surface area contributed by atoms with Crippen LogP contribution in [0.1, 0.15) is 12.8 Å². The molecule has 1 saturated heterocycles. The molecule has 1 aliphatic heterocycles. The zero-order valence-corrected chi connectivity index (χ0v) is 21.0. The van der Waals surface area contributed by atoms with E-state index in [1.165, 1.54) is 6.07 Å². The summed E-state index contributed by atoms with van der Waals surface area (Å²) in [5, 5.41) is 15.3. The second-order valence-electron chi connectivity index (χ2n) is 8.05. The number of aromatic hydroxyl groups is 1. The number of hydrogen-bond acceptors (Lipinski definition) is 5. The summed E-state index contributed by atoms with van der Waals surface area (Å²) in [5.41, 5.74) is 0.993. The zero-order valence-electron chi connectivity index (χ0n) is 18.7. The Kier molecular flexibility index (Phi) is 9.54. The van der Waals surface area contributed by atoms with Crippen molar-refractivity contribution in [3.05, 3.63) is 64.6 Å². The maximum Gasteiger partial charge on any atom is 0.412 e. The van der Waals surface area contributed by atoms with Crippen LogP contribution in [0.25, 0.3) is 10.8 Å². The second-order valence-corrected chi connectivity index (χ2v) is 8.84. The molecule has 3 aromatic carbocycles. The van der Waals surface area contributed by atoms with Crippen molar-refractivity contribution in [3.63, 3.8) is 0 Å². The van der Waals surface area contributed by atoms with Gasteiger partial charge in [-0.25, -0.2) is 4.79 Å². The quantitative estimate of drug-likeness (QED) is 0.373. The third-order valence-electron chi connectivity index (χ3n) is 5.88. The van der Waals surface area contributed by atoms with E-state index in [1.807, 2.05) is 30.3 Å². The Morgan fingerprint density at radius 1 is 0.941 bits per heavy atom. The molecular weight excluding hydrogens is 497 g/mol. The van der Waals surface area contributed by atoms with Crippen LogP contribution < -0.4 is 15.0 Å². The average molecular weight is 525 g/mol. The van der Waals surface area contributed by atoms with Gasteiger partial charge in [-0.05, 0) is 43.7 Å². The molecule has 0 aliphatic carbocycles. The maximum absolute atomic E-state index is 12.2. The van der Waals surface area contributed by atoms with Crippen molar-refractivity contribution in [2.75, 3.05) is 44.2 Å². The lowest BCUT2D eigenvalue weighted by molar-refractivity contribution is 0.200. The number of benzene rings is 3. The van der Waals surface area contributed by atoms with Gasteiger partial charge in [0.1, 0.15) is 11.5 Å². The topological polar surface area (TPSA) is 65.0 Å². The maximum atomic E-state index is 12.2. The van der Waals surface area contributed by atoms with Crippen molar-refractivity contribution in [2.24, 2.45) is 0 Å². The first-order chi connectivity index (χ1) is 16.0. The molecule has 2 N–H and O–H groups in total. The first kappa shape index (κ1) is 26.2. The van der Waals surface area contributed by atoms with Gasteiger partial charge in [0.25, 0.3) is 0 Å². The summed E-state index contributed by atoms with van der Waals surface area (Å²) in [6.07, 6.45) is 1.37. The van der Waals surface area contributed by atoms with Gasteiger partial charge in [0.2, 0.25) is 0 Å². The van der Waals surface area contributed by atoms with Crippen molar-refractivity contribution in [3.8, 4) is 11.5 Å². The minimum Gasteiger partial charge on any atom is -0.507 e. The highest BCUT2D eigenvalue weighted by molar-refractivity contribution is 6.43. The Bertz CT molecular complexity index is 1120. The van der Waals surface area contributed by atoms with E-state index in [-0.39, 0.29) is 18.2 Å².